The lowest BCUT2D eigenvalue weighted by Crippen LogP contribution is -2.33. The van der Waals surface area contributed by atoms with E-state index in [1.807, 2.05) is 19.9 Å². The van der Waals surface area contributed by atoms with Gasteiger partial charge in [0.05, 0.1) is 5.25 Å². The second-order valence-corrected chi connectivity index (χ2v) is 7.52. The molecule has 2 aromatic rings. The van der Waals surface area contributed by atoms with Crippen molar-refractivity contribution >= 4 is 17.7 Å². The van der Waals surface area contributed by atoms with Crippen molar-refractivity contribution in [1.82, 2.24) is 19.7 Å². The molecule has 0 N–H and O–H groups in total. The first-order chi connectivity index (χ1) is 11.5. The molecule has 1 aliphatic rings. The first-order valence-electron chi connectivity index (χ1n) is 8.03. The van der Waals surface area contributed by atoms with E-state index in [1.165, 1.54) is 23.9 Å². The van der Waals surface area contributed by atoms with Crippen LogP contribution in [-0.2, 0) is 11.3 Å². The third-order valence-corrected chi connectivity index (χ3v) is 5.11. The monoisotopic (exact) mass is 348 g/mol. The Morgan fingerprint density at radius 3 is 2.88 bits per heavy atom. The van der Waals surface area contributed by atoms with Crippen molar-refractivity contribution in [3.05, 3.63) is 41.5 Å². The van der Waals surface area contributed by atoms with Gasteiger partial charge >= 0.3 is 0 Å². The summed E-state index contributed by atoms with van der Waals surface area (Å²) < 4.78 is 15.4. The van der Waals surface area contributed by atoms with Crippen LogP contribution in [0.2, 0.25) is 0 Å². The molecule has 1 saturated carbocycles. The quantitative estimate of drug-likeness (QED) is 0.752. The molecule has 1 amide bonds. The summed E-state index contributed by atoms with van der Waals surface area (Å²) in [6, 6.07) is 6.81. The van der Waals surface area contributed by atoms with Crippen molar-refractivity contribution < 1.29 is 9.18 Å². The minimum absolute atomic E-state index is 0.00717. The third-order valence-electron chi connectivity index (χ3n) is 4.06. The molecule has 1 atom stereocenters. The van der Waals surface area contributed by atoms with Crippen LogP contribution in [0.5, 0.6) is 0 Å². The SMILES string of the molecule is Cc1nnc(S[C@@H](C)C(=O)N(C)Cc2cccc(F)c2)n1C1CC1. The zero-order valence-corrected chi connectivity index (χ0v) is 14.9. The zero-order chi connectivity index (χ0) is 17.3. The maximum Gasteiger partial charge on any atom is 0.235 e. The summed E-state index contributed by atoms with van der Waals surface area (Å²) in [5, 5.41) is 8.88. The van der Waals surface area contributed by atoms with Gasteiger partial charge in [-0.15, -0.1) is 10.2 Å². The molecule has 0 unspecified atom stereocenters. The van der Waals surface area contributed by atoms with Crippen LogP contribution in [0, 0.1) is 12.7 Å². The minimum atomic E-state index is -0.288. The van der Waals surface area contributed by atoms with Gasteiger partial charge < -0.3 is 9.47 Å². The summed E-state index contributed by atoms with van der Waals surface area (Å²) in [6.45, 7) is 4.20. The van der Waals surface area contributed by atoms with Crippen LogP contribution < -0.4 is 0 Å². The lowest BCUT2D eigenvalue weighted by molar-refractivity contribution is -0.129. The molecule has 1 heterocycles. The Bertz CT molecular complexity index is 744. The lowest BCUT2D eigenvalue weighted by atomic mass is 10.2. The largest absolute Gasteiger partial charge is 0.340 e. The second kappa shape index (κ2) is 6.93. The second-order valence-electron chi connectivity index (χ2n) is 6.22. The summed E-state index contributed by atoms with van der Waals surface area (Å²) in [7, 11) is 1.74. The molecule has 1 fully saturated rings. The van der Waals surface area contributed by atoms with E-state index in [0.717, 1.165) is 29.4 Å². The highest BCUT2D eigenvalue weighted by molar-refractivity contribution is 8.00. The van der Waals surface area contributed by atoms with Gasteiger partial charge in [0.1, 0.15) is 11.6 Å². The first-order valence-corrected chi connectivity index (χ1v) is 8.91. The number of halogens is 1. The first kappa shape index (κ1) is 17.0. The number of carbonyl (C=O) groups is 1. The molecular formula is C17H21FN4OS. The van der Waals surface area contributed by atoms with Gasteiger partial charge in [-0.25, -0.2) is 4.39 Å². The Morgan fingerprint density at radius 1 is 1.46 bits per heavy atom. The molecule has 0 spiro atoms. The van der Waals surface area contributed by atoms with E-state index in [4.69, 9.17) is 0 Å². The molecule has 0 radical (unpaired) electrons. The molecule has 1 aromatic heterocycles. The van der Waals surface area contributed by atoms with E-state index in [0.29, 0.717) is 12.6 Å². The summed E-state index contributed by atoms with van der Waals surface area (Å²) in [6.07, 6.45) is 2.29. The van der Waals surface area contributed by atoms with Gasteiger partial charge in [0.25, 0.3) is 0 Å². The Labute approximate surface area is 145 Å². The maximum atomic E-state index is 13.3. The molecular weight excluding hydrogens is 327 g/mol. The predicted molar refractivity (Wildman–Crippen MR) is 91.2 cm³/mol. The molecule has 3 rings (SSSR count). The van der Waals surface area contributed by atoms with E-state index in [9.17, 15) is 9.18 Å². The number of aromatic nitrogens is 3. The molecule has 1 aromatic carbocycles. The smallest absolute Gasteiger partial charge is 0.235 e. The fraction of sp³-hybridized carbons (Fsp3) is 0.471. The van der Waals surface area contributed by atoms with Crippen molar-refractivity contribution in [2.24, 2.45) is 0 Å². The third kappa shape index (κ3) is 3.77. The van der Waals surface area contributed by atoms with E-state index >= 15 is 0 Å². The average Bonchev–Trinajstić information content (AvgIpc) is 3.31. The van der Waals surface area contributed by atoms with Crippen LogP contribution in [0.4, 0.5) is 4.39 Å². The predicted octanol–water partition coefficient (Wildman–Crippen LogP) is 3.20. The standard InChI is InChI=1S/C17H21FN4OS/c1-11(24-17-20-19-12(2)22(17)15-7-8-15)16(23)21(3)10-13-5-4-6-14(18)9-13/h4-6,9,11,15H,7-8,10H2,1-3H3/t11-/m0/s1. The van der Waals surface area contributed by atoms with Crippen molar-refractivity contribution in [1.29, 1.82) is 0 Å². The van der Waals surface area contributed by atoms with E-state index in [1.54, 1.807) is 18.0 Å². The Kier molecular flexibility index (Phi) is 4.89. The Morgan fingerprint density at radius 2 is 2.21 bits per heavy atom. The molecule has 128 valence electrons. The molecule has 0 bridgehead atoms. The lowest BCUT2D eigenvalue weighted by Gasteiger charge is -2.21. The number of benzene rings is 1. The summed E-state index contributed by atoms with van der Waals surface area (Å²) in [5.41, 5.74) is 0.778. The number of hydrogen-bond donors (Lipinski definition) is 0. The molecule has 7 heteroatoms. The van der Waals surface area contributed by atoms with Crippen LogP contribution in [0.3, 0.4) is 0 Å². The van der Waals surface area contributed by atoms with Crippen LogP contribution in [0.1, 0.15) is 37.2 Å². The fourth-order valence-electron chi connectivity index (χ4n) is 2.69. The Hall–Kier alpha value is -1.89. The highest BCUT2D eigenvalue weighted by Crippen LogP contribution is 2.39. The van der Waals surface area contributed by atoms with Crippen molar-refractivity contribution in [2.45, 2.75) is 49.7 Å². The van der Waals surface area contributed by atoms with Gasteiger partial charge in [0.15, 0.2) is 5.16 Å². The number of nitrogens with zero attached hydrogens (tertiary/aromatic N) is 4. The minimum Gasteiger partial charge on any atom is -0.340 e. The molecule has 5 nitrogen and oxygen atoms in total. The van der Waals surface area contributed by atoms with E-state index in [2.05, 4.69) is 14.8 Å². The maximum absolute atomic E-state index is 13.3. The number of carbonyl (C=O) groups excluding carboxylic acids is 1. The van der Waals surface area contributed by atoms with E-state index in [-0.39, 0.29) is 17.0 Å². The normalized spacial score (nSPS) is 15.3. The van der Waals surface area contributed by atoms with Gasteiger partial charge in [-0.05, 0) is 44.4 Å². The van der Waals surface area contributed by atoms with Crippen LogP contribution in [0.25, 0.3) is 0 Å². The number of amides is 1. The molecule has 0 saturated heterocycles. The number of hydrogen-bond acceptors (Lipinski definition) is 4. The number of aryl methyl sites for hydroxylation is 1. The fourth-order valence-corrected chi connectivity index (χ4v) is 3.77. The van der Waals surface area contributed by atoms with Gasteiger partial charge in [0.2, 0.25) is 5.91 Å². The van der Waals surface area contributed by atoms with Crippen molar-refractivity contribution in [2.75, 3.05) is 7.05 Å². The highest BCUT2D eigenvalue weighted by atomic mass is 32.2. The summed E-state index contributed by atoms with van der Waals surface area (Å²) in [4.78, 5) is 14.2. The highest BCUT2D eigenvalue weighted by Gasteiger charge is 2.30. The van der Waals surface area contributed by atoms with Gasteiger partial charge in [-0.3, -0.25) is 4.79 Å². The molecule has 24 heavy (non-hydrogen) atoms. The van der Waals surface area contributed by atoms with Crippen LogP contribution in [0.15, 0.2) is 29.4 Å². The molecule has 0 aliphatic heterocycles. The van der Waals surface area contributed by atoms with Gasteiger partial charge in [-0.2, -0.15) is 0 Å². The number of thioether (sulfide) groups is 1. The Balaban J connectivity index is 1.64. The molecule has 1 aliphatic carbocycles. The topological polar surface area (TPSA) is 51.0 Å². The van der Waals surface area contributed by atoms with Crippen molar-refractivity contribution in [3.8, 4) is 0 Å². The zero-order valence-electron chi connectivity index (χ0n) is 14.1. The van der Waals surface area contributed by atoms with Gasteiger partial charge in [0, 0.05) is 19.6 Å². The average molecular weight is 348 g/mol. The van der Waals surface area contributed by atoms with Gasteiger partial charge in [-0.1, -0.05) is 23.9 Å². The summed E-state index contributed by atoms with van der Waals surface area (Å²) in [5.74, 6) is 0.601. The van der Waals surface area contributed by atoms with Crippen LogP contribution >= 0.6 is 11.8 Å². The van der Waals surface area contributed by atoms with Crippen LogP contribution in [-0.4, -0.2) is 37.9 Å². The number of rotatable bonds is 6. The van der Waals surface area contributed by atoms with Crippen molar-refractivity contribution in [3.63, 3.8) is 0 Å². The van der Waals surface area contributed by atoms with E-state index < -0.39 is 0 Å². The summed E-state index contributed by atoms with van der Waals surface area (Å²) >= 11 is 1.43.